The molecule has 1 aromatic carbocycles. The van der Waals surface area contributed by atoms with Gasteiger partial charge >= 0.3 is 0 Å². The third kappa shape index (κ3) is 2.49. The van der Waals surface area contributed by atoms with E-state index in [-0.39, 0.29) is 6.61 Å². The van der Waals surface area contributed by atoms with Gasteiger partial charge in [0.15, 0.2) is 0 Å². The van der Waals surface area contributed by atoms with Gasteiger partial charge in [0.25, 0.3) is 0 Å². The van der Waals surface area contributed by atoms with Crippen molar-refractivity contribution in [1.29, 1.82) is 0 Å². The molecule has 20 heavy (non-hydrogen) atoms. The number of aromatic nitrogens is 1. The Hall–Kier alpha value is -1.65. The molecule has 0 amide bonds. The highest BCUT2D eigenvalue weighted by Gasteiger charge is 2.23. The third-order valence-electron chi connectivity index (χ3n) is 4.16. The van der Waals surface area contributed by atoms with Crippen molar-refractivity contribution in [2.45, 2.75) is 19.4 Å². The maximum Gasteiger partial charge on any atom is 0.129 e. The second-order valence-corrected chi connectivity index (χ2v) is 5.47. The van der Waals surface area contributed by atoms with Gasteiger partial charge in [0.05, 0.1) is 5.52 Å². The van der Waals surface area contributed by atoms with E-state index in [0.29, 0.717) is 12.5 Å². The number of nitrogens with two attached hydrogens (primary N) is 1. The molecule has 2 aromatic rings. The van der Waals surface area contributed by atoms with Gasteiger partial charge in [0, 0.05) is 31.6 Å². The smallest absolute Gasteiger partial charge is 0.129 e. The number of aliphatic hydroxyl groups is 1. The van der Waals surface area contributed by atoms with E-state index in [9.17, 15) is 0 Å². The quantitative estimate of drug-likeness (QED) is 0.891. The van der Waals surface area contributed by atoms with E-state index in [2.05, 4.69) is 17.0 Å². The van der Waals surface area contributed by atoms with Crippen LogP contribution in [0.25, 0.3) is 10.9 Å². The van der Waals surface area contributed by atoms with Crippen LogP contribution in [0.4, 0.5) is 5.82 Å². The fraction of sp³-hybridized carbons (Fsp3) is 0.438. The third-order valence-corrected chi connectivity index (χ3v) is 4.16. The lowest BCUT2D eigenvalue weighted by Crippen LogP contribution is -2.21. The van der Waals surface area contributed by atoms with Crippen molar-refractivity contribution in [1.82, 2.24) is 4.98 Å². The van der Waals surface area contributed by atoms with Crippen molar-refractivity contribution < 1.29 is 5.11 Å². The molecule has 1 saturated heterocycles. The van der Waals surface area contributed by atoms with E-state index < -0.39 is 0 Å². The van der Waals surface area contributed by atoms with Crippen LogP contribution < -0.4 is 10.6 Å². The number of para-hydroxylation sites is 1. The van der Waals surface area contributed by atoms with E-state index >= 15 is 0 Å². The minimum absolute atomic E-state index is 0.276. The Morgan fingerprint density at radius 3 is 3.00 bits per heavy atom. The molecule has 3 rings (SSSR count). The molecule has 1 fully saturated rings. The van der Waals surface area contributed by atoms with Crippen molar-refractivity contribution in [3.63, 3.8) is 0 Å². The molecule has 2 heterocycles. The standard InChI is InChI=1S/C16H21N3O/c17-10-13-9-16(18-15-4-2-1-3-14(13)15)19-7-5-12(11-19)6-8-20/h1-4,9,12,20H,5-8,10-11,17H2. The minimum atomic E-state index is 0.276. The topological polar surface area (TPSA) is 62.4 Å². The van der Waals surface area contributed by atoms with E-state index in [1.807, 2.05) is 18.2 Å². The van der Waals surface area contributed by atoms with Crippen LogP contribution in [0.1, 0.15) is 18.4 Å². The molecule has 106 valence electrons. The Balaban J connectivity index is 1.92. The Morgan fingerprint density at radius 1 is 1.35 bits per heavy atom. The molecule has 3 N–H and O–H groups in total. The van der Waals surface area contributed by atoms with Gasteiger partial charge < -0.3 is 15.7 Å². The first-order chi connectivity index (χ1) is 9.81. The van der Waals surface area contributed by atoms with Gasteiger partial charge in [-0.15, -0.1) is 0 Å². The van der Waals surface area contributed by atoms with Crippen LogP contribution in [-0.4, -0.2) is 29.8 Å². The molecule has 0 radical (unpaired) electrons. The molecule has 0 saturated carbocycles. The monoisotopic (exact) mass is 271 g/mol. The summed E-state index contributed by atoms with van der Waals surface area (Å²) in [6.45, 7) is 2.80. The summed E-state index contributed by atoms with van der Waals surface area (Å²) in [5.74, 6) is 1.60. The maximum absolute atomic E-state index is 9.06. The van der Waals surface area contributed by atoms with Crippen LogP contribution in [0.2, 0.25) is 0 Å². The molecule has 0 bridgehead atoms. The molecule has 4 heteroatoms. The Labute approximate surface area is 119 Å². The molecular formula is C16H21N3O. The number of aliphatic hydroxyl groups excluding tert-OH is 1. The number of fused-ring (bicyclic) bond motifs is 1. The molecule has 1 atom stereocenters. The molecule has 4 nitrogen and oxygen atoms in total. The summed E-state index contributed by atoms with van der Waals surface area (Å²) >= 11 is 0. The van der Waals surface area contributed by atoms with Gasteiger partial charge in [-0.3, -0.25) is 0 Å². The number of pyridine rings is 1. The van der Waals surface area contributed by atoms with Gasteiger partial charge in [0.1, 0.15) is 5.82 Å². The van der Waals surface area contributed by atoms with Crippen LogP contribution in [0.3, 0.4) is 0 Å². The largest absolute Gasteiger partial charge is 0.396 e. The minimum Gasteiger partial charge on any atom is -0.396 e. The second kappa shape index (κ2) is 5.77. The molecular weight excluding hydrogens is 250 g/mol. The lowest BCUT2D eigenvalue weighted by Gasteiger charge is -2.19. The summed E-state index contributed by atoms with van der Waals surface area (Å²) in [7, 11) is 0. The van der Waals surface area contributed by atoms with Crippen molar-refractivity contribution in [3.05, 3.63) is 35.9 Å². The zero-order valence-corrected chi connectivity index (χ0v) is 11.6. The molecule has 0 spiro atoms. The Morgan fingerprint density at radius 2 is 2.20 bits per heavy atom. The number of benzene rings is 1. The van der Waals surface area contributed by atoms with Crippen molar-refractivity contribution >= 4 is 16.7 Å². The van der Waals surface area contributed by atoms with Crippen LogP contribution in [0, 0.1) is 5.92 Å². The number of hydrogen-bond donors (Lipinski definition) is 2. The van der Waals surface area contributed by atoms with Crippen molar-refractivity contribution in [2.75, 3.05) is 24.6 Å². The predicted octanol–water partition coefficient (Wildman–Crippen LogP) is 1.90. The maximum atomic E-state index is 9.06. The Bertz CT molecular complexity index is 599. The van der Waals surface area contributed by atoms with Crippen LogP contribution in [0.5, 0.6) is 0 Å². The normalized spacial score (nSPS) is 18.9. The van der Waals surface area contributed by atoms with E-state index in [4.69, 9.17) is 15.8 Å². The van der Waals surface area contributed by atoms with Crippen molar-refractivity contribution in [2.24, 2.45) is 11.7 Å². The lowest BCUT2D eigenvalue weighted by molar-refractivity contribution is 0.263. The first-order valence-electron chi connectivity index (χ1n) is 7.26. The first-order valence-corrected chi connectivity index (χ1v) is 7.26. The summed E-state index contributed by atoms with van der Waals surface area (Å²) in [4.78, 5) is 7.08. The molecule has 1 aliphatic rings. The summed E-state index contributed by atoms with van der Waals surface area (Å²) < 4.78 is 0. The van der Waals surface area contributed by atoms with Crippen LogP contribution in [-0.2, 0) is 6.54 Å². The zero-order valence-electron chi connectivity index (χ0n) is 11.6. The molecule has 1 aliphatic heterocycles. The fourth-order valence-corrected chi connectivity index (χ4v) is 3.02. The summed E-state index contributed by atoms with van der Waals surface area (Å²) in [6, 6.07) is 10.3. The highest BCUT2D eigenvalue weighted by atomic mass is 16.3. The van der Waals surface area contributed by atoms with Gasteiger partial charge in [-0.05, 0) is 36.5 Å². The predicted molar refractivity (Wildman–Crippen MR) is 81.7 cm³/mol. The van der Waals surface area contributed by atoms with Crippen LogP contribution >= 0.6 is 0 Å². The van der Waals surface area contributed by atoms with Gasteiger partial charge in [-0.1, -0.05) is 18.2 Å². The summed E-state index contributed by atoms with van der Waals surface area (Å²) in [6.07, 6.45) is 2.01. The fourth-order valence-electron chi connectivity index (χ4n) is 3.02. The number of nitrogens with zero attached hydrogens (tertiary/aromatic N) is 2. The first kappa shape index (κ1) is 13.3. The highest BCUT2D eigenvalue weighted by molar-refractivity contribution is 5.84. The SMILES string of the molecule is NCc1cc(N2CCC(CCO)C2)nc2ccccc12. The number of hydrogen-bond acceptors (Lipinski definition) is 4. The Kier molecular flexibility index (Phi) is 3.85. The van der Waals surface area contributed by atoms with Gasteiger partial charge in [-0.25, -0.2) is 4.98 Å². The lowest BCUT2D eigenvalue weighted by atomic mass is 10.1. The summed E-state index contributed by atoms with van der Waals surface area (Å²) in [5.41, 5.74) is 8.04. The summed E-state index contributed by atoms with van der Waals surface area (Å²) in [5, 5.41) is 10.2. The number of anilines is 1. The molecule has 1 unspecified atom stereocenters. The number of rotatable bonds is 4. The van der Waals surface area contributed by atoms with Gasteiger partial charge in [-0.2, -0.15) is 0 Å². The highest BCUT2D eigenvalue weighted by Crippen LogP contribution is 2.28. The van der Waals surface area contributed by atoms with Crippen LogP contribution in [0.15, 0.2) is 30.3 Å². The van der Waals surface area contributed by atoms with Gasteiger partial charge in [0.2, 0.25) is 0 Å². The molecule has 0 aliphatic carbocycles. The zero-order chi connectivity index (χ0) is 13.9. The van der Waals surface area contributed by atoms with E-state index in [1.54, 1.807) is 0 Å². The molecule has 1 aromatic heterocycles. The average molecular weight is 271 g/mol. The second-order valence-electron chi connectivity index (χ2n) is 5.47. The average Bonchev–Trinajstić information content (AvgIpc) is 2.95. The van der Waals surface area contributed by atoms with E-state index in [1.165, 1.54) is 0 Å². The van der Waals surface area contributed by atoms with E-state index in [0.717, 1.165) is 48.2 Å². The van der Waals surface area contributed by atoms with Crippen molar-refractivity contribution in [3.8, 4) is 0 Å².